The van der Waals surface area contributed by atoms with Gasteiger partial charge in [-0.2, -0.15) is 0 Å². The van der Waals surface area contributed by atoms with Crippen LogP contribution in [-0.2, 0) is 26.2 Å². The second-order valence-electron chi connectivity index (χ2n) is 8.40. The molecule has 0 saturated carbocycles. The molecule has 2 N–H and O–H groups in total. The van der Waals surface area contributed by atoms with Gasteiger partial charge >= 0.3 is 0 Å². The highest BCUT2D eigenvalue weighted by molar-refractivity contribution is 5.79. The lowest BCUT2D eigenvalue weighted by molar-refractivity contribution is 0.331. The fourth-order valence-electron chi connectivity index (χ4n) is 4.00. The van der Waals surface area contributed by atoms with Gasteiger partial charge in [-0.05, 0) is 55.1 Å². The third-order valence-electron chi connectivity index (χ3n) is 5.80. The Labute approximate surface area is 191 Å². The maximum atomic E-state index is 4.77. The number of likely N-dealkylation sites (tertiary alicyclic amines) is 1. The van der Waals surface area contributed by atoms with Crippen molar-refractivity contribution in [3.8, 4) is 0 Å². The molecule has 2 heterocycles. The number of imidazole rings is 1. The van der Waals surface area contributed by atoms with Crippen LogP contribution in [0.3, 0.4) is 0 Å². The Morgan fingerprint density at radius 2 is 1.53 bits per heavy atom. The number of nitrogens with zero attached hydrogens (tertiary/aromatic N) is 4. The molecule has 0 aliphatic carbocycles. The maximum absolute atomic E-state index is 4.77. The van der Waals surface area contributed by atoms with Crippen molar-refractivity contribution in [2.75, 3.05) is 19.6 Å². The van der Waals surface area contributed by atoms with Gasteiger partial charge in [0.05, 0.1) is 12.9 Å². The van der Waals surface area contributed by atoms with Gasteiger partial charge in [0.1, 0.15) is 0 Å². The Balaban J connectivity index is 1.28. The normalized spacial score (nSPS) is 14.6. The van der Waals surface area contributed by atoms with Crippen LogP contribution in [-0.4, -0.2) is 40.0 Å². The van der Waals surface area contributed by atoms with Crippen molar-refractivity contribution >= 4 is 5.96 Å². The molecule has 6 nitrogen and oxygen atoms in total. The zero-order chi connectivity index (χ0) is 22.0. The molecule has 1 saturated heterocycles. The van der Waals surface area contributed by atoms with E-state index < -0.39 is 0 Å². The van der Waals surface area contributed by atoms with Crippen LogP contribution < -0.4 is 10.6 Å². The van der Waals surface area contributed by atoms with Gasteiger partial charge in [0.15, 0.2) is 5.96 Å². The number of rotatable bonds is 9. The van der Waals surface area contributed by atoms with Gasteiger partial charge in [-0.3, -0.25) is 4.90 Å². The topological polar surface area (TPSA) is 57.5 Å². The van der Waals surface area contributed by atoms with E-state index in [0.717, 1.165) is 32.1 Å². The fourth-order valence-corrected chi connectivity index (χ4v) is 4.00. The number of benzene rings is 2. The monoisotopic (exact) mass is 430 g/mol. The van der Waals surface area contributed by atoms with E-state index >= 15 is 0 Å². The summed E-state index contributed by atoms with van der Waals surface area (Å²) in [5.41, 5.74) is 5.12. The van der Waals surface area contributed by atoms with Crippen molar-refractivity contribution in [2.45, 2.75) is 45.9 Å². The van der Waals surface area contributed by atoms with Gasteiger partial charge in [0.25, 0.3) is 0 Å². The van der Waals surface area contributed by atoms with E-state index in [-0.39, 0.29) is 0 Å². The highest BCUT2D eigenvalue weighted by Crippen LogP contribution is 2.14. The molecule has 1 fully saturated rings. The third kappa shape index (κ3) is 6.69. The van der Waals surface area contributed by atoms with Gasteiger partial charge in [0.2, 0.25) is 0 Å². The van der Waals surface area contributed by atoms with Crippen molar-refractivity contribution in [1.82, 2.24) is 25.1 Å². The summed E-state index contributed by atoms with van der Waals surface area (Å²) in [5.74, 6) is 0.844. The quantitative estimate of drug-likeness (QED) is 0.401. The summed E-state index contributed by atoms with van der Waals surface area (Å²) in [7, 11) is 0. The number of nitrogens with one attached hydrogen (secondary N) is 2. The summed E-state index contributed by atoms with van der Waals surface area (Å²) in [5, 5.41) is 6.79. The molecular weight excluding hydrogens is 396 g/mol. The van der Waals surface area contributed by atoms with Gasteiger partial charge in [-0.15, -0.1) is 0 Å². The Kier molecular flexibility index (Phi) is 7.93. The van der Waals surface area contributed by atoms with E-state index in [1.165, 1.54) is 48.2 Å². The Morgan fingerprint density at radius 3 is 2.19 bits per heavy atom. The number of aromatic nitrogens is 2. The molecule has 0 unspecified atom stereocenters. The van der Waals surface area contributed by atoms with Crippen LogP contribution in [0.5, 0.6) is 0 Å². The predicted molar refractivity (Wildman–Crippen MR) is 130 cm³/mol. The molecule has 4 rings (SSSR count). The largest absolute Gasteiger partial charge is 0.357 e. The Hall–Kier alpha value is -3.12. The highest BCUT2D eigenvalue weighted by Gasteiger charge is 2.11. The molecule has 6 heteroatoms. The second-order valence-corrected chi connectivity index (χ2v) is 8.40. The Morgan fingerprint density at radius 1 is 0.875 bits per heavy atom. The van der Waals surface area contributed by atoms with Crippen molar-refractivity contribution in [3.05, 3.63) is 89.5 Å². The van der Waals surface area contributed by atoms with E-state index in [0.29, 0.717) is 6.54 Å². The third-order valence-corrected chi connectivity index (χ3v) is 5.80. The van der Waals surface area contributed by atoms with Crippen LogP contribution in [0, 0.1) is 0 Å². The van der Waals surface area contributed by atoms with Crippen LogP contribution in [0.2, 0.25) is 0 Å². The zero-order valence-electron chi connectivity index (χ0n) is 19.0. The van der Waals surface area contributed by atoms with Gasteiger partial charge in [0, 0.05) is 38.6 Å². The first-order valence-electron chi connectivity index (χ1n) is 11.6. The number of guanidine groups is 1. The van der Waals surface area contributed by atoms with Crippen LogP contribution in [0.1, 0.15) is 42.0 Å². The van der Waals surface area contributed by atoms with E-state index in [1.807, 2.05) is 18.7 Å². The van der Waals surface area contributed by atoms with Crippen LogP contribution >= 0.6 is 0 Å². The molecule has 0 bridgehead atoms. The van der Waals surface area contributed by atoms with Crippen LogP contribution in [0.15, 0.2) is 72.2 Å². The number of aliphatic imine (C=N–C) groups is 1. The predicted octanol–water partition coefficient (Wildman–Crippen LogP) is 3.78. The first-order valence-corrected chi connectivity index (χ1v) is 11.6. The van der Waals surface area contributed by atoms with E-state index in [2.05, 4.69) is 80.5 Å². The molecule has 0 spiro atoms. The van der Waals surface area contributed by atoms with E-state index in [9.17, 15) is 0 Å². The minimum atomic E-state index is 0.670. The molecular formula is C26H34N6. The molecule has 0 amide bonds. The summed E-state index contributed by atoms with van der Waals surface area (Å²) in [4.78, 5) is 11.4. The minimum absolute atomic E-state index is 0.670. The van der Waals surface area contributed by atoms with Gasteiger partial charge < -0.3 is 15.2 Å². The first kappa shape index (κ1) is 22.1. The number of hydrogen-bond acceptors (Lipinski definition) is 3. The number of hydrogen-bond donors (Lipinski definition) is 2. The molecule has 1 aliphatic heterocycles. The zero-order valence-corrected chi connectivity index (χ0v) is 19.0. The molecule has 1 aliphatic rings. The van der Waals surface area contributed by atoms with E-state index in [1.54, 1.807) is 0 Å². The fraction of sp³-hybridized carbons (Fsp3) is 0.385. The SMILES string of the molecule is CCNC(=NCc1ccc(CN2CCCC2)cc1)NCc1ccc(Cn2ccnc2)cc1. The lowest BCUT2D eigenvalue weighted by atomic mass is 10.1. The average molecular weight is 431 g/mol. The van der Waals surface area contributed by atoms with Crippen molar-refractivity contribution in [1.29, 1.82) is 0 Å². The average Bonchev–Trinajstić information content (AvgIpc) is 3.52. The van der Waals surface area contributed by atoms with Crippen molar-refractivity contribution in [3.63, 3.8) is 0 Å². The molecule has 1 aromatic heterocycles. The molecule has 0 atom stereocenters. The highest BCUT2D eigenvalue weighted by atomic mass is 15.2. The summed E-state index contributed by atoms with van der Waals surface area (Å²) >= 11 is 0. The molecule has 32 heavy (non-hydrogen) atoms. The lowest BCUT2D eigenvalue weighted by Crippen LogP contribution is -2.36. The molecule has 168 valence electrons. The molecule has 2 aromatic carbocycles. The summed E-state index contributed by atoms with van der Waals surface area (Å²) < 4.78 is 2.07. The van der Waals surface area contributed by atoms with E-state index in [4.69, 9.17) is 4.99 Å². The van der Waals surface area contributed by atoms with Gasteiger partial charge in [-0.1, -0.05) is 48.5 Å². The molecule has 3 aromatic rings. The van der Waals surface area contributed by atoms with Crippen molar-refractivity contribution < 1.29 is 0 Å². The smallest absolute Gasteiger partial charge is 0.191 e. The van der Waals surface area contributed by atoms with Gasteiger partial charge in [-0.25, -0.2) is 9.98 Å². The minimum Gasteiger partial charge on any atom is -0.357 e. The summed E-state index contributed by atoms with van der Waals surface area (Å²) in [6, 6.07) is 17.6. The summed E-state index contributed by atoms with van der Waals surface area (Å²) in [6.07, 6.45) is 8.31. The summed E-state index contributed by atoms with van der Waals surface area (Å²) in [6.45, 7) is 8.71. The van der Waals surface area contributed by atoms with Crippen molar-refractivity contribution in [2.24, 2.45) is 4.99 Å². The second kappa shape index (κ2) is 11.5. The Bertz CT molecular complexity index is 955. The first-order chi connectivity index (χ1) is 15.8. The van der Waals surface area contributed by atoms with Crippen LogP contribution in [0.25, 0.3) is 0 Å². The molecule has 0 radical (unpaired) electrons. The lowest BCUT2D eigenvalue weighted by Gasteiger charge is -2.14. The maximum Gasteiger partial charge on any atom is 0.191 e. The van der Waals surface area contributed by atoms with Crippen LogP contribution in [0.4, 0.5) is 0 Å². The standard InChI is InChI=1S/C26H34N6/c1-2-28-26(29-17-22-5-9-24(10-6-22)19-31-14-3-4-15-31)30-18-23-7-11-25(12-8-23)20-32-16-13-27-21-32/h5-13,16,21H,2-4,14-15,17-20H2,1H3,(H2,28,29,30).